The van der Waals surface area contributed by atoms with E-state index in [2.05, 4.69) is 61.2 Å². The molecule has 0 saturated heterocycles. The lowest BCUT2D eigenvalue weighted by atomic mass is 9.99. The zero-order chi connectivity index (χ0) is 17.3. The van der Waals surface area contributed by atoms with Crippen molar-refractivity contribution in [3.63, 3.8) is 0 Å². The minimum atomic E-state index is -0.0569. The van der Waals surface area contributed by atoms with Gasteiger partial charge in [0.25, 0.3) is 5.56 Å². The maximum atomic E-state index is 12.6. The first-order valence-electron chi connectivity index (χ1n) is 8.24. The van der Waals surface area contributed by atoms with Crippen LogP contribution >= 0.6 is 11.3 Å². The Hall–Kier alpha value is -1.98. The van der Waals surface area contributed by atoms with Crippen molar-refractivity contribution in [2.24, 2.45) is 5.92 Å². The number of thiophene rings is 1. The summed E-state index contributed by atoms with van der Waals surface area (Å²) < 4.78 is 0. The van der Waals surface area contributed by atoms with E-state index in [1.54, 1.807) is 0 Å². The first-order chi connectivity index (χ1) is 11.5. The summed E-state index contributed by atoms with van der Waals surface area (Å²) in [6.07, 6.45) is 0. The topological polar surface area (TPSA) is 57.8 Å². The van der Waals surface area contributed by atoms with E-state index < -0.39 is 0 Å². The molecule has 24 heavy (non-hydrogen) atoms. The van der Waals surface area contributed by atoms with Gasteiger partial charge in [-0.25, -0.2) is 4.98 Å². The molecule has 0 radical (unpaired) electrons. The van der Waals surface area contributed by atoms with Gasteiger partial charge in [0.15, 0.2) is 0 Å². The quantitative estimate of drug-likeness (QED) is 0.737. The summed E-state index contributed by atoms with van der Waals surface area (Å²) >= 11 is 1.53. The van der Waals surface area contributed by atoms with E-state index in [4.69, 9.17) is 0 Å². The van der Waals surface area contributed by atoms with Crippen LogP contribution in [-0.2, 0) is 6.54 Å². The molecule has 3 rings (SSSR count). The van der Waals surface area contributed by atoms with Crippen molar-refractivity contribution in [3.05, 3.63) is 50.9 Å². The van der Waals surface area contributed by atoms with Crippen LogP contribution in [0.3, 0.4) is 0 Å². The average Bonchev–Trinajstić information content (AvgIpc) is 2.93. The molecule has 2 aromatic heterocycles. The Morgan fingerprint density at radius 2 is 2.04 bits per heavy atom. The third kappa shape index (κ3) is 3.42. The van der Waals surface area contributed by atoms with Crippen molar-refractivity contribution >= 4 is 21.6 Å². The maximum absolute atomic E-state index is 12.6. The minimum absolute atomic E-state index is 0.0569. The summed E-state index contributed by atoms with van der Waals surface area (Å²) in [5.41, 5.74) is 4.39. The molecule has 2 N–H and O–H groups in total. The lowest BCUT2D eigenvalue weighted by molar-refractivity contribution is 0.543. The molecule has 0 aliphatic heterocycles. The second-order valence-corrected chi connectivity index (χ2v) is 7.54. The van der Waals surface area contributed by atoms with Crippen molar-refractivity contribution in [1.29, 1.82) is 0 Å². The van der Waals surface area contributed by atoms with E-state index in [9.17, 15) is 4.79 Å². The summed E-state index contributed by atoms with van der Waals surface area (Å²) in [5, 5.41) is 6.06. The number of fused-ring (bicyclic) bond motifs is 1. The fourth-order valence-corrected chi connectivity index (χ4v) is 3.74. The number of benzene rings is 1. The highest BCUT2D eigenvalue weighted by Gasteiger charge is 2.14. The molecule has 3 aromatic rings. The molecule has 0 unspecified atom stereocenters. The molecule has 1 aromatic carbocycles. The standard InChI is InChI=1S/C19H23N3OS/c1-11(2)8-20-9-16-21-18(23)17-15(10-24-19(17)22-16)14-7-12(3)5-6-13(14)4/h5-7,10-11,20H,8-9H2,1-4H3,(H,21,22,23). The van der Waals surface area contributed by atoms with Crippen LogP contribution in [0.5, 0.6) is 0 Å². The normalized spacial score (nSPS) is 11.5. The van der Waals surface area contributed by atoms with Gasteiger partial charge in [-0.05, 0) is 37.4 Å². The van der Waals surface area contributed by atoms with Gasteiger partial charge in [-0.15, -0.1) is 11.3 Å². The van der Waals surface area contributed by atoms with Gasteiger partial charge in [-0.3, -0.25) is 4.79 Å². The number of nitrogens with one attached hydrogen (secondary N) is 2. The molecule has 0 aliphatic rings. The second kappa shape index (κ2) is 6.87. The van der Waals surface area contributed by atoms with Crippen LogP contribution in [0.1, 0.15) is 30.8 Å². The van der Waals surface area contributed by atoms with Gasteiger partial charge in [-0.2, -0.15) is 0 Å². The third-order valence-corrected chi connectivity index (χ3v) is 4.89. The molecule has 4 nitrogen and oxygen atoms in total. The molecule has 0 fully saturated rings. The predicted molar refractivity (Wildman–Crippen MR) is 102 cm³/mol. The average molecular weight is 341 g/mol. The molecule has 0 atom stereocenters. The highest BCUT2D eigenvalue weighted by Crippen LogP contribution is 2.33. The van der Waals surface area contributed by atoms with E-state index in [1.165, 1.54) is 22.5 Å². The number of aromatic amines is 1. The van der Waals surface area contributed by atoms with Crippen LogP contribution in [0.25, 0.3) is 21.3 Å². The van der Waals surface area contributed by atoms with Gasteiger partial charge >= 0.3 is 0 Å². The van der Waals surface area contributed by atoms with Gasteiger partial charge in [0.1, 0.15) is 10.7 Å². The smallest absolute Gasteiger partial charge is 0.260 e. The monoisotopic (exact) mass is 341 g/mol. The molecule has 2 heterocycles. The summed E-state index contributed by atoms with van der Waals surface area (Å²) in [4.78, 5) is 21.0. The number of nitrogens with zero attached hydrogens (tertiary/aromatic N) is 1. The van der Waals surface area contributed by atoms with Crippen molar-refractivity contribution in [2.45, 2.75) is 34.2 Å². The Morgan fingerprint density at radius 3 is 2.79 bits per heavy atom. The summed E-state index contributed by atoms with van der Waals surface area (Å²) in [7, 11) is 0. The zero-order valence-corrected chi connectivity index (χ0v) is 15.4. The Morgan fingerprint density at radius 1 is 1.25 bits per heavy atom. The van der Waals surface area contributed by atoms with E-state index in [-0.39, 0.29) is 5.56 Å². The van der Waals surface area contributed by atoms with E-state index in [0.717, 1.165) is 22.5 Å². The van der Waals surface area contributed by atoms with E-state index in [0.29, 0.717) is 23.7 Å². The van der Waals surface area contributed by atoms with Crippen molar-refractivity contribution in [1.82, 2.24) is 15.3 Å². The maximum Gasteiger partial charge on any atom is 0.260 e. The zero-order valence-electron chi connectivity index (χ0n) is 14.6. The molecule has 0 aliphatic carbocycles. The lowest BCUT2D eigenvalue weighted by Crippen LogP contribution is -2.22. The van der Waals surface area contributed by atoms with Crippen LogP contribution in [0.15, 0.2) is 28.4 Å². The van der Waals surface area contributed by atoms with Crippen LogP contribution in [-0.4, -0.2) is 16.5 Å². The lowest BCUT2D eigenvalue weighted by Gasteiger charge is -2.08. The van der Waals surface area contributed by atoms with E-state index in [1.807, 2.05) is 5.38 Å². The predicted octanol–water partition coefficient (Wildman–Crippen LogP) is 4.01. The largest absolute Gasteiger partial charge is 0.310 e. The van der Waals surface area contributed by atoms with Crippen LogP contribution in [0.2, 0.25) is 0 Å². The fraction of sp³-hybridized carbons (Fsp3) is 0.368. The van der Waals surface area contributed by atoms with Gasteiger partial charge in [0, 0.05) is 10.9 Å². The van der Waals surface area contributed by atoms with E-state index >= 15 is 0 Å². The Balaban J connectivity index is 2.01. The van der Waals surface area contributed by atoms with Gasteiger partial charge in [0.2, 0.25) is 0 Å². The van der Waals surface area contributed by atoms with Gasteiger partial charge in [-0.1, -0.05) is 37.6 Å². The number of aromatic nitrogens is 2. The number of hydrogen-bond donors (Lipinski definition) is 2. The summed E-state index contributed by atoms with van der Waals surface area (Å²) in [5.74, 6) is 1.26. The Labute approximate surface area is 146 Å². The van der Waals surface area contributed by atoms with Gasteiger partial charge in [0.05, 0.1) is 11.9 Å². The number of aryl methyl sites for hydroxylation is 2. The molecular weight excluding hydrogens is 318 g/mol. The summed E-state index contributed by atoms with van der Waals surface area (Å²) in [6.45, 7) is 9.94. The molecule has 0 saturated carbocycles. The molecule has 5 heteroatoms. The number of H-pyrrole nitrogens is 1. The van der Waals surface area contributed by atoms with Crippen LogP contribution in [0, 0.1) is 19.8 Å². The highest BCUT2D eigenvalue weighted by molar-refractivity contribution is 7.17. The Kier molecular flexibility index (Phi) is 4.83. The van der Waals surface area contributed by atoms with Crippen LogP contribution < -0.4 is 10.9 Å². The molecule has 0 spiro atoms. The Bertz CT molecular complexity index is 924. The molecule has 126 valence electrons. The second-order valence-electron chi connectivity index (χ2n) is 6.69. The highest BCUT2D eigenvalue weighted by atomic mass is 32.1. The molecular formula is C19H23N3OS. The molecule has 0 amide bonds. The summed E-state index contributed by atoms with van der Waals surface area (Å²) in [6, 6.07) is 6.32. The first-order valence-corrected chi connectivity index (χ1v) is 9.12. The fourth-order valence-electron chi connectivity index (χ4n) is 2.78. The molecule has 0 bridgehead atoms. The minimum Gasteiger partial charge on any atom is -0.310 e. The number of rotatable bonds is 5. The van der Waals surface area contributed by atoms with Gasteiger partial charge < -0.3 is 10.3 Å². The van der Waals surface area contributed by atoms with Crippen LogP contribution in [0.4, 0.5) is 0 Å². The van der Waals surface area contributed by atoms with Crippen molar-refractivity contribution in [2.75, 3.05) is 6.54 Å². The van der Waals surface area contributed by atoms with Crippen molar-refractivity contribution < 1.29 is 0 Å². The SMILES string of the molecule is Cc1ccc(C)c(-c2csc3nc(CNCC(C)C)[nH]c(=O)c23)c1. The number of hydrogen-bond acceptors (Lipinski definition) is 4. The third-order valence-electron chi connectivity index (χ3n) is 4.02. The van der Waals surface area contributed by atoms with Crippen molar-refractivity contribution in [3.8, 4) is 11.1 Å². The first kappa shape index (κ1) is 16.9.